The van der Waals surface area contributed by atoms with Crippen LogP contribution in [0.3, 0.4) is 0 Å². The molecule has 25 heavy (non-hydrogen) atoms. The van der Waals surface area contributed by atoms with Gasteiger partial charge in [0.15, 0.2) is 9.84 Å². The zero-order valence-corrected chi connectivity index (χ0v) is 16.6. The SMILES string of the molecule is CCCCCS(=O)(=O)CC(=O)N1CCN(c2ncc(Cl)cc2Cl)CC1. The molecule has 2 heterocycles. The molecule has 0 bridgehead atoms. The van der Waals surface area contributed by atoms with Crippen molar-refractivity contribution in [2.45, 2.75) is 26.2 Å². The van der Waals surface area contributed by atoms with Crippen molar-refractivity contribution in [2.75, 3.05) is 42.6 Å². The molecule has 1 aromatic rings. The number of aromatic nitrogens is 1. The van der Waals surface area contributed by atoms with Crippen LogP contribution in [0.2, 0.25) is 10.0 Å². The molecule has 1 fully saturated rings. The fourth-order valence-corrected chi connectivity index (χ4v) is 4.58. The molecule has 1 amide bonds. The van der Waals surface area contributed by atoms with Crippen LogP contribution >= 0.6 is 23.2 Å². The normalized spacial score (nSPS) is 15.5. The molecule has 0 atom stereocenters. The summed E-state index contributed by atoms with van der Waals surface area (Å²) >= 11 is 12.0. The molecule has 0 N–H and O–H groups in total. The first-order valence-corrected chi connectivity index (χ1v) is 10.9. The van der Waals surface area contributed by atoms with Crippen molar-refractivity contribution in [1.82, 2.24) is 9.88 Å². The lowest BCUT2D eigenvalue weighted by molar-refractivity contribution is -0.128. The highest BCUT2D eigenvalue weighted by atomic mass is 35.5. The maximum Gasteiger partial charge on any atom is 0.237 e. The average molecular weight is 408 g/mol. The first-order chi connectivity index (χ1) is 11.8. The molecule has 0 saturated carbocycles. The van der Waals surface area contributed by atoms with E-state index in [2.05, 4.69) is 4.98 Å². The maximum atomic E-state index is 12.3. The van der Waals surface area contributed by atoms with Gasteiger partial charge in [-0.3, -0.25) is 4.79 Å². The number of rotatable bonds is 7. The molecule has 2 rings (SSSR count). The Balaban J connectivity index is 1.88. The summed E-state index contributed by atoms with van der Waals surface area (Å²) in [4.78, 5) is 20.1. The first-order valence-electron chi connectivity index (χ1n) is 8.36. The third-order valence-corrected chi connectivity index (χ3v) is 6.20. The van der Waals surface area contributed by atoms with Crippen molar-refractivity contribution < 1.29 is 13.2 Å². The molecule has 0 unspecified atom stereocenters. The van der Waals surface area contributed by atoms with Gasteiger partial charge in [0.25, 0.3) is 0 Å². The number of hydrogen-bond donors (Lipinski definition) is 0. The fourth-order valence-electron chi connectivity index (χ4n) is 2.73. The molecule has 0 spiro atoms. The standard InChI is InChI=1S/C16H23Cl2N3O3S/c1-2-3-4-9-25(23,24)12-15(22)20-5-7-21(8-6-20)16-14(18)10-13(17)11-19-16/h10-11H,2-9,12H2,1H3. The molecule has 0 aromatic carbocycles. The predicted octanol–water partition coefficient (Wildman–Crippen LogP) is 2.64. The number of sulfone groups is 1. The summed E-state index contributed by atoms with van der Waals surface area (Å²) in [6, 6.07) is 1.63. The van der Waals surface area contributed by atoms with Crippen LogP contribution in [0.25, 0.3) is 0 Å². The van der Waals surface area contributed by atoms with Crippen molar-refractivity contribution in [3.63, 3.8) is 0 Å². The van der Waals surface area contributed by atoms with Crippen molar-refractivity contribution in [1.29, 1.82) is 0 Å². The largest absolute Gasteiger partial charge is 0.352 e. The molecule has 1 aliphatic rings. The number of carbonyl (C=O) groups excluding carboxylic acids is 1. The number of hydrogen-bond acceptors (Lipinski definition) is 5. The lowest BCUT2D eigenvalue weighted by Crippen LogP contribution is -2.50. The van der Waals surface area contributed by atoms with Gasteiger partial charge in [-0.15, -0.1) is 0 Å². The molecule has 0 aliphatic carbocycles. The van der Waals surface area contributed by atoms with Crippen molar-refractivity contribution in [3.05, 3.63) is 22.3 Å². The number of amides is 1. The number of anilines is 1. The van der Waals surface area contributed by atoms with E-state index in [4.69, 9.17) is 23.2 Å². The van der Waals surface area contributed by atoms with Crippen LogP contribution < -0.4 is 4.90 Å². The van der Waals surface area contributed by atoms with Gasteiger partial charge in [-0.1, -0.05) is 43.0 Å². The minimum absolute atomic E-state index is 0.0802. The van der Waals surface area contributed by atoms with Crippen LogP contribution in [-0.2, 0) is 14.6 Å². The monoisotopic (exact) mass is 407 g/mol. The second-order valence-electron chi connectivity index (χ2n) is 6.13. The predicted molar refractivity (Wildman–Crippen MR) is 101 cm³/mol. The van der Waals surface area contributed by atoms with E-state index < -0.39 is 15.6 Å². The first kappa shape index (κ1) is 20.3. The summed E-state index contributed by atoms with van der Waals surface area (Å²) < 4.78 is 24.0. The summed E-state index contributed by atoms with van der Waals surface area (Å²) in [5.41, 5.74) is 0. The molecular formula is C16H23Cl2N3O3S. The smallest absolute Gasteiger partial charge is 0.237 e. The van der Waals surface area contributed by atoms with Crippen molar-refractivity contribution >= 4 is 44.8 Å². The van der Waals surface area contributed by atoms with E-state index in [1.807, 2.05) is 11.8 Å². The Bertz CT molecular complexity index is 705. The van der Waals surface area contributed by atoms with Gasteiger partial charge < -0.3 is 9.80 Å². The molecule has 140 valence electrons. The number of pyridine rings is 1. The zero-order valence-electron chi connectivity index (χ0n) is 14.2. The highest BCUT2D eigenvalue weighted by molar-refractivity contribution is 7.92. The van der Waals surface area contributed by atoms with Crippen LogP contribution in [0, 0.1) is 0 Å². The van der Waals surface area contributed by atoms with E-state index in [0.717, 1.165) is 12.8 Å². The van der Waals surface area contributed by atoms with E-state index in [-0.39, 0.29) is 11.7 Å². The van der Waals surface area contributed by atoms with E-state index in [1.165, 1.54) is 6.20 Å². The van der Waals surface area contributed by atoms with Crippen LogP contribution in [-0.4, -0.2) is 61.9 Å². The van der Waals surface area contributed by atoms with Gasteiger partial charge in [0, 0.05) is 32.4 Å². The molecular weight excluding hydrogens is 385 g/mol. The number of piperazine rings is 1. The Kier molecular flexibility index (Phi) is 7.34. The summed E-state index contributed by atoms with van der Waals surface area (Å²) in [6.07, 6.45) is 3.96. The lowest BCUT2D eigenvalue weighted by Gasteiger charge is -2.35. The van der Waals surface area contributed by atoms with E-state index >= 15 is 0 Å². The average Bonchev–Trinajstić information content (AvgIpc) is 2.55. The van der Waals surface area contributed by atoms with Gasteiger partial charge in [0.1, 0.15) is 11.6 Å². The number of unbranched alkanes of at least 4 members (excludes halogenated alkanes) is 2. The van der Waals surface area contributed by atoms with Gasteiger partial charge in [0.2, 0.25) is 5.91 Å². The Morgan fingerprint density at radius 2 is 1.88 bits per heavy atom. The molecule has 0 radical (unpaired) electrons. The van der Waals surface area contributed by atoms with Gasteiger partial charge in [-0.2, -0.15) is 0 Å². The fraction of sp³-hybridized carbons (Fsp3) is 0.625. The van der Waals surface area contributed by atoms with Crippen LogP contribution in [0.1, 0.15) is 26.2 Å². The number of halogens is 2. The van der Waals surface area contributed by atoms with Crippen LogP contribution in [0.15, 0.2) is 12.3 Å². The summed E-state index contributed by atoms with van der Waals surface area (Å²) in [7, 11) is -3.33. The molecule has 1 aromatic heterocycles. The second kappa shape index (κ2) is 9.05. The Labute approximate surface area is 159 Å². The van der Waals surface area contributed by atoms with Crippen molar-refractivity contribution in [2.24, 2.45) is 0 Å². The quantitative estimate of drug-likeness (QED) is 0.649. The minimum atomic E-state index is -3.33. The van der Waals surface area contributed by atoms with E-state index in [9.17, 15) is 13.2 Å². The van der Waals surface area contributed by atoms with E-state index in [1.54, 1.807) is 11.0 Å². The van der Waals surface area contributed by atoms with E-state index in [0.29, 0.717) is 48.5 Å². The topological polar surface area (TPSA) is 70.6 Å². The molecule has 1 saturated heterocycles. The molecule has 9 heteroatoms. The Hall–Kier alpha value is -1.05. The summed E-state index contributed by atoms with van der Waals surface area (Å²) in [5.74, 6) is -0.0234. The van der Waals surface area contributed by atoms with Crippen LogP contribution in [0.4, 0.5) is 5.82 Å². The molecule has 1 aliphatic heterocycles. The van der Waals surface area contributed by atoms with Gasteiger partial charge in [-0.05, 0) is 12.5 Å². The van der Waals surface area contributed by atoms with Crippen molar-refractivity contribution in [3.8, 4) is 0 Å². The number of carbonyl (C=O) groups is 1. The lowest BCUT2D eigenvalue weighted by atomic mass is 10.3. The summed E-state index contributed by atoms with van der Waals surface area (Å²) in [6.45, 7) is 4.01. The third-order valence-electron chi connectivity index (χ3n) is 4.12. The second-order valence-corrected chi connectivity index (χ2v) is 9.15. The highest BCUT2D eigenvalue weighted by Gasteiger charge is 2.26. The minimum Gasteiger partial charge on any atom is -0.352 e. The Morgan fingerprint density at radius 1 is 1.20 bits per heavy atom. The van der Waals surface area contributed by atoms with Gasteiger partial charge >= 0.3 is 0 Å². The highest BCUT2D eigenvalue weighted by Crippen LogP contribution is 2.26. The third kappa shape index (κ3) is 6.01. The maximum absolute atomic E-state index is 12.3. The van der Waals surface area contributed by atoms with Gasteiger partial charge in [0.05, 0.1) is 15.8 Å². The Morgan fingerprint density at radius 3 is 2.48 bits per heavy atom. The number of nitrogens with zero attached hydrogens (tertiary/aromatic N) is 3. The molecule has 6 nitrogen and oxygen atoms in total. The van der Waals surface area contributed by atoms with Crippen LogP contribution in [0.5, 0.6) is 0 Å². The van der Waals surface area contributed by atoms with Gasteiger partial charge in [-0.25, -0.2) is 13.4 Å². The summed E-state index contributed by atoms with van der Waals surface area (Å²) in [5, 5.41) is 0.932. The zero-order chi connectivity index (χ0) is 18.4.